The molecule has 180 valence electrons. The van der Waals surface area contributed by atoms with Crippen molar-refractivity contribution in [2.45, 2.75) is 51.1 Å². The van der Waals surface area contributed by atoms with Crippen molar-refractivity contribution in [2.75, 3.05) is 20.2 Å². The molecule has 0 atom stereocenters. The fraction of sp³-hybridized carbons (Fsp3) is 0.423. The minimum absolute atomic E-state index is 0.0806. The van der Waals surface area contributed by atoms with E-state index < -0.39 is 0 Å². The Labute approximate surface area is 205 Å². The number of aromatic nitrogens is 2. The fourth-order valence-electron chi connectivity index (χ4n) is 4.46. The number of imidazole rings is 1. The monoisotopic (exact) mass is 482 g/mol. The number of amides is 2. The topological polar surface area (TPSA) is 76.5 Å². The van der Waals surface area contributed by atoms with Gasteiger partial charge in [0, 0.05) is 31.1 Å². The van der Waals surface area contributed by atoms with Crippen LogP contribution in [-0.4, -0.2) is 52.5 Å². The van der Waals surface area contributed by atoms with Crippen LogP contribution in [0.4, 0.5) is 0 Å². The van der Waals surface area contributed by atoms with E-state index in [1.165, 1.54) is 19.3 Å². The highest BCUT2D eigenvalue weighted by Gasteiger charge is 2.23. The molecule has 0 saturated heterocycles. The number of fused-ring (bicyclic) bond motifs is 1. The number of nitrogens with zero attached hydrogens (tertiary/aromatic N) is 3. The van der Waals surface area contributed by atoms with Gasteiger partial charge in [0.15, 0.2) is 6.61 Å². The van der Waals surface area contributed by atoms with Crippen LogP contribution in [0.2, 0.25) is 5.02 Å². The van der Waals surface area contributed by atoms with Crippen LogP contribution in [0.5, 0.6) is 5.75 Å². The molecule has 1 N–H and O–H groups in total. The zero-order chi connectivity index (χ0) is 23.9. The Morgan fingerprint density at radius 2 is 1.85 bits per heavy atom. The Hall–Kier alpha value is -3.06. The normalized spacial score (nSPS) is 14.2. The minimum Gasteiger partial charge on any atom is -0.484 e. The van der Waals surface area contributed by atoms with Crippen molar-refractivity contribution in [3.63, 3.8) is 0 Å². The Morgan fingerprint density at radius 1 is 1.12 bits per heavy atom. The lowest BCUT2D eigenvalue weighted by Crippen LogP contribution is -2.40. The van der Waals surface area contributed by atoms with Gasteiger partial charge in [-0.15, -0.1) is 0 Å². The molecule has 0 aliphatic heterocycles. The van der Waals surface area contributed by atoms with E-state index in [9.17, 15) is 9.59 Å². The lowest BCUT2D eigenvalue weighted by molar-refractivity contribution is -0.133. The van der Waals surface area contributed by atoms with Gasteiger partial charge in [-0.05, 0) is 49.2 Å². The second-order valence-corrected chi connectivity index (χ2v) is 9.18. The summed E-state index contributed by atoms with van der Waals surface area (Å²) in [6, 6.07) is 15.0. The molecule has 0 spiro atoms. The predicted octanol–water partition coefficient (Wildman–Crippen LogP) is 4.22. The first-order chi connectivity index (χ1) is 16.5. The number of halogens is 1. The van der Waals surface area contributed by atoms with Crippen molar-refractivity contribution in [3.05, 3.63) is 59.4 Å². The van der Waals surface area contributed by atoms with E-state index in [1.807, 2.05) is 40.8 Å². The largest absolute Gasteiger partial charge is 0.484 e. The van der Waals surface area contributed by atoms with Crippen LogP contribution >= 0.6 is 11.6 Å². The second-order valence-electron chi connectivity index (χ2n) is 8.74. The van der Waals surface area contributed by atoms with Crippen molar-refractivity contribution in [1.82, 2.24) is 19.8 Å². The molecule has 1 saturated carbocycles. The summed E-state index contributed by atoms with van der Waals surface area (Å²) in [7, 11) is 1.91. The van der Waals surface area contributed by atoms with Gasteiger partial charge < -0.3 is 19.5 Å². The highest BCUT2D eigenvalue weighted by Crippen LogP contribution is 2.23. The molecule has 0 unspecified atom stereocenters. The fourth-order valence-corrected chi connectivity index (χ4v) is 4.58. The van der Waals surface area contributed by atoms with E-state index in [-0.39, 0.29) is 25.0 Å². The SMILES string of the molecule is CN(C(=O)Cn1c(CCNC(=O)COc2ccc(Cl)cc2)nc2ccccc21)C1CCCCC1. The summed E-state index contributed by atoms with van der Waals surface area (Å²) in [6.45, 7) is 0.567. The number of carbonyl (C=O) groups is 2. The molecule has 7 nitrogen and oxygen atoms in total. The van der Waals surface area contributed by atoms with Gasteiger partial charge in [0.25, 0.3) is 5.91 Å². The Bertz CT molecular complexity index is 1120. The third-order valence-electron chi connectivity index (χ3n) is 6.40. The van der Waals surface area contributed by atoms with Gasteiger partial charge in [-0.25, -0.2) is 4.98 Å². The van der Waals surface area contributed by atoms with Gasteiger partial charge in [0.2, 0.25) is 5.91 Å². The molecule has 0 bridgehead atoms. The summed E-state index contributed by atoms with van der Waals surface area (Å²) >= 11 is 5.86. The van der Waals surface area contributed by atoms with Crippen molar-refractivity contribution >= 4 is 34.4 Å². The van der Waals surface area contributed by atoms with Crippen LogP contribution < -0.4 is 10.1 Å². The standard InChI is InChI=1S/C26H31ClN4O3/c1-30(20-7-3-2-4-8-20)26(33)17-31-23-10-6-5-9-22(23)29-24(31)15-16-28-25(32)18-34-21-13-11-19(27)12-14-21/h5-6,9-14,20H,2-4,7-8,15-18H2,1H3,(H,28,32). The molecule has 1 aliphatic rings. The first kappa shape index (κ1) is 24.1. The summed E-state index contributed by atoms with van der Waals surface area (Å²) in [5.41, 5.74) is 1.78. The molecule has 1 heterocycles. The summed E-state index contributed by atoms with van der Waals surface area (Å²) in [6.07, 6.45) is 6.28. The lowest BCUT2D eigenvalue weighted by atomic mass is 9.94. The number of hydrogen-bond donors (Lipinski definition) is 1. The summed E-state index contributed by atoms with van der Waals surface area (Å²) in [5, 5.41) is 3.49. The third-order valence-corrected chi connectivity index (χ3v) is 6.65. The molecule has 3 aromatic rings. The van der Waals surface area contributed by atoms with Crippen LogP contribution in [0.25, 0.3) is 11.0 Å². The number of hydrogen-bond acceptors (Lipinski definition) is 4. The van der Waals surface area contributed by atoms with Gasteiger partial charge in [0.05, 0.1) is 11.0 Å². The van der Waals surface area contributed by atoms with Gasteiger partial charge in [0.1, 0.15) is 18.1 Å². The maximum Gasteiger partial charge on any atom is 0.257 e. The van der Waals surface area contributed by atoms with Gasteiger partial charge in [-0.3, -0.25) is 9.59 Å². The summed E-state index contributed by atoms with van der Waals surface area (Å²) in [4.78, 5) is 32.0. The highest BCUT2D eigenvalue weighted by atomic mass is 35.5. The van der Waals surface area contributed by atoms with E-state index in [0.717, 1.165) is 29.7 Å². The van der Waals surface area contributed by atoms with Crippen LogP contribution in [-0.2, 0) is 22.6 Å². The van der Waals surface area contributed by atoms with Gasteiger partial charge >= 0.3 is 0 Å². The molecule has 2 amide bonds. The van der Waals surface area contributed by atoms with Crippen molar-refractivity contribution in [3.8, 4) is 5.75 Å². The van der Waals surface area contributed by atoms with E-state index in [1.54, 1.807) is 24.3 Å². The van der Waals surface area contributed by atoms with E-state index in [2.05, 4.69) is 5.32 Å². The van der Waals surface area contributed by atoms with Gasteiger partial charge in [-0.1, -0.05) is 43.0 Å². The second kappa shape index (κ2) is 11.4. The predicted molar refractivity (Wildman–Crippen MR) is 133 cm³/mol. The number of ether oxygens (including phenoxy) is 1. The number of rotatable bonds is 9. The van der Waals surface area contributed by atoms with Gasteiger partial charge in [-0.2, -0.15) is 0 Å². The molecule has 1 aliphatic carbocycles. The molecular weight excluding hydrogens is 452 g/mol. The molecule has 1 aromatic heterocycles. The Balaban J connectivity index is 1.36. The molecule has 34 heavy (non-hydrogen) atoms. The average Bonchev–Trinajstić information content (AvgIpc) is 3.20. The zero-order valence-corrected chi connectivity index (χ0v) is 20.3. The third kappa shape index (κ3) is 6.08. The smallest absolute Gasteiger partial charge is 0.257 e. The van der Waals surface area contributed by atoms with Crippen molar-refractivity contribution < 1.29 is 14.3 Å². The lowest BCUT2D eigenvalue weighted by Gasteiger charge is -2.31. The van der Waals surface area contributed by atoms with Crippen LogP contribution in [0, 0.1) is 0 Å². The van der Waals surface area contributed by atoms with Crippen LogP contribution in [0.3, 0.4) is 0 Å². The molecule has 1 fully saturated rings. The summed E-state index contributed by atoms with van der Waals surface area (Å²) < 4.78 is 7.47. The van der Waals surface area contributed by atoms with Crippen molar-refractivity contribution in [1.29, 1.82) is 0 Å². The zero-order valence-electron chi connectivity index (χ0n) is 19.5. The molecule has 4 rings (SSSR count). The maximum atomic E-state index is 13.1. The highest BCUT2D eigenvalue weighted by molar-refractivity contribution is 6.30. The molecule has 8 heteroatoms. The number of benzene rings is 2. The number of likely N-dealkylation sites (N-methyl/N-ethyl adjacent to an activating group) is 1. The molecule has 2 aromatic carbocycles. The van der Waals surface area contributed by atoms with E-state index >= 15 is 0 Å². The number of para-hydroxylation sites is 2. The average molecular weight is 483 g/mol. The maximum absolute atomic E-state index is 13.1. The van der Waals surface area contributed by atoms with Crippen LogP contribution in [0.15, 0.2) is 48.5 Å². The number of nitrogens with one attached hydrogen (secondary N) is 1. The summed E-state index contributed by atoms with van der Waals surface area (Å²) in [5.74, 6) is 1.25. The van der Waals surface area contributed by atoms with Crippen molar-refractivity contribution in [2.24, 2.45) is 0 Å². The number of carbonyl (C=O) groups excluding carboxylic acids is 2. The molecule has 0 radical (unpaired) electrons. The van der Waals surface area contributed by atoms with E-state index in [4.69, 9.17) is 21.3 Å². The first-order valence-corrected chi connectivity index (χ1v) is 12.2. The Morgan fingerprint density at radius 3 is 2.62 bits per heavy atom. The minimum atomic E-state index is -0.217. The Kier molecular flexibility index (Phi) is 8.06. The quantitative estimate of drug-likeness (QED) is 0.495. The molecular formula is C26H31ClN4O3. The first-order valence-electron chi connectivity index (χ1n) is 11.9. The van der Waals surface area contributed by atoms with Crippen LogP contribution in [0.1, 0.15) is 37.9 Å². The van der Waals surface area contributed by atoms with E-state index in [0.29, 0.717) is 29.8 Å².